The molecule has 0 radical (unpaired) electrons. The van der Waals surface area contributed by atoms with Gasteiger partial charge in [0.25, 0.3) is 0 Å². The molecule has 1 amide bonds. The molecule has 2 aliphatic rings. The minimum absolute atomic E-state index is 0.105. The molecule has 0 unspecified atom stereocenters. The van der Waals surface area contributed by atoms with E-state index in [1.807, 2.05) is 11.9 Å². The van der Waals surface area contributed by atoms with Crippen molar-refractivity contribution in [2.75, 3.05) is 39.8 Å². The van der Waals surface area contributed by atoms with Crippen LogP contribution in [0.25, 0.3) is 0 Å². The number of carbonyl (C=O) groups is 2. The van der Waals surface area contributed by atoms with Crippen LogP contribution in [-0.4, -0.2) is 72.6 Å². The molecule has 24 heavy (non-hydrogen) atoms. The van der Waals surface area contributed by atoms with Crippen LogP contribution in [0.2, 0.25) is 0 Å². The van der Waals surface area contributed by atoms with Crippen molar-refractivity contribution in [3.8, 4) is 0 Å². The normalized spacial score (nSPS) is 21.1. The van der Waals surface area contributed by atoms with Crippen molar-refractivity contribution in [2.24, 2.45) is 5.92 Å². The van der Waals surface area contributed by atoms with E-state index in [0.29, 0.717) is 18.4 Å². The van der Waals surface area contributed by atoms with Crippen LogP contribution < -0.4 is 5.32 Å². The third-order valence-corrected chi connectivity index (χ3v) is 5.53. The van der Waals surface area contributed by atoms with Crippen molar-refractivity contribution < 1.29 is 14.7 Å². The van der Waals surface area contributed by atoms with E-state index in [0.717, 1.165) is 39.0 Å². The first-order valence-corrected chi connectivity index (χ1v) is 9.45. The van der Waals surface area contributed by atoms with Gasteiger partial charge < -0.3 is 15.3 Å². The Morgan fingerprint density at radius 3 is 2.42 bits per heavy atom. The first-order chi connectivity index (χ1) is 11.5. The fourth-order valence-corrected chi connectivity index (χ4v) is 3.92. The summed E-state index contributed by atoms with van der Waals surface area (Å²) in [7, 11) is 1.88. The zero-order valence-electron chi connectivity index (χ0n) is 15.0. The Morgan fingerprint density at radius 2 is 1.79 bits per heavy atom. The predicted octanol–water partition coefficient (Wildman–Crippen LogP) is 1.55. The topological polar surface area (TPSA) is 72.9 Å². The number of carboxylic acids is 1. The molecular formula is C18H33N3O3. The second-order valence-corrected chi connectivity index (χ2v) is 7.44. The van der Waals surface area contributed by atoms with E-state index in [-0.39, 0.29) is 12.5 Å². The molecule has 6 heteroatoms. The lowest BCUT2D eigenvalue weighted by Gasteiger charge is -2.36. The highest BCUT2D eigenvalue weighted by Crippen LogP contribution is 2.22. The Bertz CT molecular complexity index is 402. The molecule has 1 aliphatic carbocycles. The number of piperidine rings is 1. The minimum Gasteiger partial charge on any atom is -0.480 e. The Morgan fingerprint density at radius 1 is 1.12 bits per heavy atom. The average Bonchev–Trinajstić information content (AvgIpc) is 2.59. The van der Waals surface area contributed by atoms with Gasteiger partial charge in [0.05, 0.1) is 6.54 Å². The number of likely N-dealkylation sites (N-methyl/N-ethyl adjacent to an activating group) is 1. The maximum atomic E-state index is 12.0. The van der Waals surface area contributed by atoms with E-state index in [1.165, 1.54) is 32.1 Å². The fraction of sp³-hybridized carbons (Fsp3) is 0.889. The van der Waals surface area contributed by atoms with Gasteiger partial charge in [0.15, 0.2) is 0 Å². The van der Waals surface area contributed by atoms with Crippen molar-refractivity contribution in [3.05, 3.63) is 0 Å². The van der Waals surface area contributed by atoms with Gasteiger partial charge in [-0.2, -0.15) is 0 Å². The maximum absolute atomic E-state index is 12.0. The zero-order chi connectivity index (χ0) is 17.4. The summed E-state index contributed by atoms with van der Waals surface area (Å²) in [6, 6.07) is 0.345. The molecule has 1 aliphatic heterocycles. The van der Waals surface area contributed by atoms with E-state index >= 15 is 0 Å². The molecule has 0 spiro atoms. The van der Waals surface area contributed by atoms with Crippen LogP contribution in [0.5, 0.6) is 0 Å². The van der Waals surface area contributed by atoms with Gasteiger partial charge in [0, 0.05) is 25.6 Å². The Hall–Kier alpha value is -1.14. The SMILES string of the molecule is CN(CC(=O)O)C1CCN(CCC(=O)NCC2CCCCC2)CC1. The molecule has 0 bridgehead atoms. The van der Waals surface area contributed by atoms with Gasteiger partial charge in [0.1, 0.15) is 0 Å². The lowest BCUT2D eigenvalue weighted by Crippen LogP contribution is -2.45. The van der Waals surface area contributed by atoms with Crippen molar-refractivity contribution in [3.63, 3.8) is 0 Å². The number of amides is 1. The summed E-state index contributed by atoms with van der Waals surface area (Å²) in [5, 5.41) is 12.0. The molecule has 0 aromatic heterocycles. The molecule has 1 saturated heterocycles. The number of likely N-dealkylation sites (tertiary alicyclic amines) is 1. The Balaban J connectivity index is 1.56. The highest BCUT2D eigenvalue weighted by Gasteiger charge is 2.23. The second-order valence-electron chi connectivity index (χ2n) is 7.44. The van der Waals surface area contributed by atoms with Crippen LogP contribution in [0.15, 0.2) is 0 Å². The van der Waals surface area contributed by atoms with Crippen LogP contribution in [0.4, 0.5) is 0 Å². The number of nitrogens with zero attached hydrogens (tertiary/aromatic N) is 2. The molecule has 0 atom stereocenters. The van der Waals surface area contributed by atoms with Crippen LogP contribution in [-0.2, 0) is 9.59 Å². The highest BCUT2D eigenvalue weighted by molar-refractivity contribution is 5.76. The third kappa shape index (κ3) is 6.77. The summed E-state index contributed by atoms with van der Waals surface area (Å²) in [5.74, 6) is 0.0866. The molecule has 0 aromatic carbocycles. The quantitative estimate of drug-likeness (QED) is 0.702. The van der Waals surface area contributed by atoms with Gasteiger partial charge in [-0.25, -0.2) is 0 Å². The number of carboxylic acid groups (broad SMARTS) is 1. The van der Waals surface area contributed by atoms with Crippen LogP contribution >= 0.6 is 0 Å². The summed E-state index contributed by atoms with van der Waals surface area (Å²) in [5.41, 5.74) is 0. The van der Waals surface area contributed by atoms with E-state index in [4.69, 9.17) is 5.11 Å². The maximum Gasteiger partial charge on any atom is 0.317 e. The van der Waals surface area contributed by atoms with Gasteiger partial charge in [-0.3, -0.25) is 14.5 Å². The lowest BCUT2D eigenvalue weighted by molar-refractivity contribution is -0.138. The average molecular weight is 339 g/mol. The first kappa shape index (κ1) is 19.2. The van der Waals surface area contributed by atoms with Gasteiger partial charge in [-0.15, -0.1) is 0 Å². The first-order valence-electron chi connectivity index (χ1n) is 9.45. The van der Waals surface area contributed by atoms with Gasteiger partial charge in [0.2, 0.25) is 5.91 Å². The molecular weight excluding hydrogens is 306 g/mol. The van der Waals surface area contributed by atoms with Gasteiger partial charge in [-0.1, -0.05) is 19.3 Å². The molecule has 1 saturated carbocycles. The van der Waals surface area contributed by atoms with Crippen molar-refractivity contribution in [1.29, 1.82) is 0 Å². The van der Waals surface area contributed by atoms with Crippen LogP contribution in [0.3, 0.4) is 0 Å². The summed E-state index contributed by atoms with van der Waals surface area (Å²) in [6.07, 6.45) is 9.03. The summed E-state index contributed by atoms with van der Waals surface area (Å²) < 4.78 is 0. The number of hydrogen-bond donors (Lipinski definition) is 2. The number of nitrogens with one attached hydrogen (secondary N) is 1. The van der Waals surface area contributed by atoms with Crippen molar-refractivity contribution in [2.45, 2.75) is 57.4 Å². The van der Waals surface area contributed by atoms with Gasteiger partial charge >= 0.3 is 5.97 Å². The molecule has 138 valence electrons. The van der Waals surface area contributed by atoms with Crippen molar-refractivity contribution >= 4 is 11.9 Å². The van der Waals surface area contributed by atoms with E-state index in [2.05, 4.69) is 10.2 Å². The number of hydrogen-bond acceptors (Lipinski definition) is 4. The third-order valence-electron chi connectivity index (χ3n) is 5.53. The van der Waals surface area contributed by atoms with E-state index < -0.39 is 5.97 Å². The van der Waals surface area contributed by atoms with Crippen LogP contribution in [0, 0.1) is 5.92 Å². The Kier molecular flexibility index (Phi) is 7.99. The molecule has 2 rings (SSSR count). The monoisotopic (exact) mass is 339 g/mol. The smallest absolute Gasteiger partial charge is 0.317 e. The highest BCUT2D eigenvalue weighted by atomic mass is 16.4. The number of aliphatic carboxylic acids is 1. The molecule has 0 aromatic rings. The summed E-state index contributed by atoms with van der Waals surface area (Å²) in [4.78, 5) is 27.0. The molecule has 1 heterocycles. The summed E-state index contributed by atoms with van der Waals surface area (Å²) in [6.45, 7) is 3.66. The zero-order valence-corrected chi connectivity index (χ0v) is 15.0. The predicted molar refractivity (Wildman–Crippen MR) is 93.9 cm³/mol. The summed E-state index contributed by atoms with van der Waals surface area (Å²) >= 11 is 0. The standard InChI is InChI=1S/C18H33N3O3/c1-20(14-18(23)24)16-7-10-21(11-8-16)12-9-17(22)19-13-15-5-3-2-4-6-15/h15-16H,2-14H2,1H3,(H,19,22)(H,23,24). The largest absolute Gasteiger partial charge is 0.480 e. The Labute approximate surface area is 145 Å². The van der Waals surface area contributed by atoms with E-state index in [9.17, 15) is 9.59 Å². The molecule has 2 N–H and O–H groups in total. The minimum atomic E-state index is -0.769. The van der Waals surface area contributed by atoms with Crippen molar-refractivity contribution in [1.82, 2.24) is 15.1 Å². The number of carbonyl (C=O) groups excluding carboxylic acids is 1. The number of rotatable bonds is 8. The van der Waals surface area contributed by atoms with Gasteiger partial charge in [-0.05, 0) is 51.7 Å². The second kappa shape index (κ2) is 9.99. The van der Waals surface area contributed by atoms with Crippen LogP contribution in [0.1, 0.15) is 51.4 Å². The lowest BCUT2D eigenvalue weighted by atomic mass is 9.89. The molecule has 6 nitrogen and oxygen atoms in total. The van der Waals surface area contributed by atoms with E-state index in [1.54, 1.807) is 0 Å². The molecule has 2 fully saturated rings. The fourth-order valence-electron chi connectivity index (χ4n) is 3.92.